The zero-order chi connectivity index (χ0) is 12.4. The molecule has 0 bridgehead atoms. The first kappa shape index (κ1) is 11.4. The molecular formula is C12H13NO4. The van der Waals surface area contributed by atoms with Gasteiger partial charge in [0.2, 0.25) is 5.91 Å². The number of amides is 1. The van der Waals surface area contributed by atoms with Gasteiger partial charge in [-0.1, -0.05) is 6.07 Å². The number of phenols is 1. The number of phenolic OH excluding ortho intramolecular Hbond substituents is 1. The maximum Gasteiger partial charge on any atom is 0.304 e. The summed E-state index contributed by atoms with van der Waals surface area (Å²) in [6.45, 7) is 0.332. The van der Waals surface area contributed by atoms with Gasteiger partial charge in [0.1, 0.15) is 5.75 Å². The van der Waals surface area contributed by atoms with Gasteiger partial charge in [0, 0.05) is 6.54 Å². The number of hydrogen-bond donors (Lipinski definition) is 3. The largest absolute Gasteiger partial charge is 0.508 e. The third-order valence-corrected chi connectivity index (χ3v) is 2.90. The van der Waals surface area contributed by atoms with E-state index in [9.17, 15) is 14.7 Å². The van der Waals surface area contributed by atoms with Gasteiger partial charge in [-0.25, -0.2) is 0 Å². The van der Waals surface area contributed by atoms with Crippen molar-refractivity contribution >= 4 is 11.9 Å². The number of aromatic hydroxyl groups is 1. The van der Waals surface area contributed by atoms with Gasteiger partial charge in [0.25, 0.3) is 0 Å². The Hall–Kier alpha value is -2.04. The summed E-state index contributed by atoms with van der Waals surface area (Å²) in [6.07, 6.45) is 0.222. The summed E-state index contributed by atoms with van der Waals surface area (Å²) in [5.41, 5.74) is 1.75. The highest BCUT2D eigenvalue weighted by atomic mass is 16.4. The molecule has 0 unspecified atom stereocenters. The van der Waals surface area contributed by atoms with Gasteiger partial charge < -0.3 is 15.5 Å². The number of hydrogen-bond acceptors (Lipinski definition) is 3. The lowest BCUT2D eigenvalue weighted by atomic mass is 9.94. The number of carbonyl (C=O) groups excluding carboxylic acids is 1. The average Bonchev–Trinajstić information content (AvgIpc) is 2.40. The van der Waals surface area contributed by atoms with Gasteiger partial charge in [0.05, 0.1) is 12.3 Å². The number of carboxylic acid groups (broad SMARTS) is 1. The number of rotatable bonds is 2. The number of fused-ring (bicyclic) bond motifs is 1. The van der Waals surface area contributed by atoms with Crippen LogP contribution in [0.5, 0.6) is 5.75 Å². The average molecular weight is 235 g/mol. The van der Waals surface area contributed by atoms with Crippen molar-refractivity contribution in [2.24, 2.45) is 5.92 Å². The van der Waals surface area contributed by atoms with E-state index in [0.29, 0.717) is 13.0 Å². The lowest BCUT2D eigenvalue weighted by molar-refractivity contribution is -0.141. The van der Waals surface area contributed by atoms with Crippen LogP contribution in [0.15, 0.2) is 18.2 Å². The van der Waals surface area contributed by atoms with E-state index < -0.39 is 11.9 Å². The highest BCUT2D eigenvalue weighted by molar-refractivity contribution is 5.84. The molecule has 5 heteroatoms. The van der Waals surface area contributed by atoms with Gasteiger partial charge in [-0.05, 0) is 29.7 Å². The van der Waals surface area contributed by atoms with E-state index in [2.05, 4.69) is 5.32 Å². The number of aliphatic carboxylic acids is 1. The molecule has 1 aliphatic heterocycles. The molecule has 1 aromatic rings. The summed E-state index contributed by atoms with van der Waals surface area (Å²) in [7, 11) is 0. The Balaban J connectivity index is 2.27. The van der Waals surface area contributed by atoms with E-state index in [0.717, 1.165) is 11.1 Å². The zero-order valence-corrected chi connectivity index (χ0v) is 9.14. The Labute approximate surface area is 98.1 Å². The number of nitrogens with one attached hydrogen (secondary N) is 1. The van der Waals surface area contributed by atoms with Crippen LogP contribution in [0.3, 0.4) is 0 Å². The molecule has 1 heterocycles. The van der Waals surface area contributed by atoms with Gasteiger partial charge in [-0.3, -0.25) is 9.59 Å². The maximum atomic E-state index is 11.7. The first-order valence-corrected chi connectivity index (χ1v) is 5.36. The summed E-state index contributed by atoms with van der Waals surface area (Å²) in [5, 5.41) is 20.8. The van der Waals surface area contributed by atoms with Crippen LogP contribution in [0.4, 0.5) is 0 Å². The first-order valence-electron chi connectivity index (χ1n) is 5.36. The minimum absolute atomic E-state index is 0.148. The number of benzene rings is 1. The van der Waals surface area contributed by atoms with Crippen molar-refractivity contribution in [1.82, 2.24) is 5.32 Å². The Morgan fingerprint density at radius 2 is 2.18 bits per heavy atom. The molecule has 5 nitrogen and oxygen atoms in total. The molecule has 0 radical (unpaired) electrons. The van der Waals surface area contributed by atoms with Crippen LogP contribution in [0.25, 0.3) is 0 Å². The molecule has 0 fully saturated rings. The molecule has 2 rings (SSSR count). The number of carbonyl (C=O) groups is 2. The highest BCUT2D eigenvalue weighted by Gasteiger charge is 2.25. The van der Waals surface area contributed by atoms with Crippen LogP contribution in [-0.2, 0) is 22.6 Å². The Morgan fingerprint density at radius 3 is 2.88 bits per heavy atom. The Bertz CT molecular complexity index is 470. The molecule has 17 heavy (non-hydrogen) atoms. The molecule has 3 N–H and O–H groups in total. The lowest BCUT2D eigenvalue weighted by Crippen LogP contribution is -2.30. The van der Waals surface area contributed by atoms with E-state index in [-0.39, 0.29) is 18.1 Å². The van der Waals surface area contributed by atoms with E-state index in [4.69, 9.17) is 5.11 Å². The minimum atomic E-state index is -0.979. The zero-order valence-electron chi connectivity index (χ0n) is 9.14. The van der Waals surface area contributed by atoms with Crippen molar-refractivity contribution in [3.63, 3.8) is 0 Å². The van der Waals surface area contributed by atoms with Crippen LogP contribution in [0.1, 0.15) is 17.5 Å². The summed E-state index contributed by atoms with van der Waals surface area (Å²) in [4.78, 5) is 22.3. The standard InChI is InChI=1S/C12H13NO4/c14-10-2-1-7-3-8(5-11(15)16)12(17)13-6-9(7)4-10/h1-2,4,8,14H,3,5-6H2,(H,13,17)(H,15,16)/t8-/m0/s1. The second-order valence-corrected chi connectivity index (χ2v) is 4.17. The fraction of sp³-hybridized carbons (Fsp3) is 0.333. The summed E-state index contributed by atoms with van der Waals surface area (Å²) >= 11 is 0. The molecule has 0 aliphatic carbocycles. The van der Waals surface area contributed by atoms with E-state index in [1.165, 1.54) is 0 Å². The maximum absolute atomic E-state index is 11.7. The second kappa shape index (κ2) is 4.45. The van der Waals surface area contributed by atoms with E-state index >= 15 is 0 Å². The fourth-order valence-electron chi connectivity index (χ4n) is 2.04. The van der Waals surface area contributed by atoms with Crippen molar-refractivity contribution < 1.29 is 19.8 Å². The van der Waals surface area contributed by atoms with Crippen LogP contribution in [-0.4, -0.2) is 22.1 Å². The molecule has 1 atom stereocenters. The molecule has 1 aliphatic rings. The third-order valence-electron chi connectivity index (χ3n) is 2.90. The van der Waals surface area contributed by atoms with Crippen molar-refractivity contribution in [3.05, 3.63) is 29.3 Å². The Morgan fingerprint density at radius 1 is 1.41 bits per heavy atom. The van der Waals surface area contributed by atoms with Crippen molar-refractivity contribution in [1.29, 1.82) is 0 Å². The van der Waals surface area contributed by atoms with E-state index in [1.807, 2.05) is 0 Å². The predicted octanol–water partition coefficient (Wildman–Crippen LogP) is 0.655. The molecule has 1 amide bonds. The molecule has 1 aromatic carbocycles. The topological polar surface area (TPSA) is 86.6 Å². The molecule has 0 spiro atoms. The predicted molar refractivity (Wildman–Crippen MR) is 59.4 cm³/mol. The third kappa shape index (κ3) is 2.55. The summed E-state index contributed by atoms with van der Waals surface area (Å²) < 4.78 is 0. The van der Waals surface area contributed by atoms with Crippen LogP contribution in [0.2, 0.25) is 0 Å². The van der Waals surface area contributed by atoms with Crippen LogP contribution in [0, 0.1) is 5.92 Å². The van der Waals surface area contributed by atoms with Crippen LogP contribution >= 0.6 is 0 Å². The molecule has 0 aromatic heterocycles. The SMILES string of the molecule is O=C(O)C[C@@H]1Cc2ccc(O)cc2CNC1=O. The molecular weight excluding hydrogens is 222 g/mol. The molecule has 90 valence electrons. The highest BCUT2D eigenvalue weighted by Crippen LogP contribution is 2.23. The normalized spacial score (nSPS) is 19.1. The summed E-state index contributed by atoms with van der Waals surface area (Å²) in [5.74, 6) is -1.62. The number of carboxylic acids is 1. The van der Waals surface area contributed by atoms with Gasteiger partial charge in [-0.15, -0.1) is 0 Å². The minimum Gasteiger partial charge on any atom is -0.508 e. The fourth-order valence-corrected chi connectivity index (χ4v) is 2.04. The van der Waals surface area contributed by atoms with Gasteiger partial charge >= 0.3 is 5.97 Å². The smallest absolute Gasteiger partial charge is 0.304 e. The van der Waals surface area contributed by atoms with Crippen molar-refractivity contribution in [2.75, 3.05) is 0 Å². The summed E-state index contributed by atoms with van der Waals surface area (Å²) in [6, 6.07) is 4.88. The van der Waals surface area contributed by atoms with Crippen LogP contribution < -0.4 is 5.32 Å². The lowest BCUT2D eigenvalue weighted by Gasteiger charge is -2.10. The monoisotopic (exact) mass is 235 g/mol. The second-order valence-electron chi connectivity index (χ2n) is 4.17. The van der Waals surface area contributed by atoms with Gasteiger partial charge in [-0.2, -0.15) is 0 Å². The van der Waals surface area contributed by atoms with Gasteiger partial charge in [0.15, 0.2) is 0 Å². The van der Waals surface area contributed by atoms with Crippen molar-refractivity contribution in [3.8, 4) is 5.75 Å². The molecule has 0 saturated carbocycles. The quantitative estimate of drug-likeness (QED) is 0.702. The first-order chi connectivity index (χ1) is 8.06. The molecule has 0 saturated heterocycles. The van der Waals surface area contributed by atoms with Crippen molar-refractivity contribution in [2.45, 2.75) is 19.4 Å². The van der Waals surface area contributed by atoms with E-state index in [1.54, 1.807) is 18.2 Å². The Kier molecular flexibility index (Phi) is 2.99.